The van der Waals surface area contributed by atoms with Gasteiger partial charge in [-0.05, 0) is 5.56 Å². The Labute approximate surface area is 80.2 Å². The van der Waals surface area contributed by atoms with Crippen molar-refractivity contribution in [3.8, 4) is 0 Å². The molecule has 0 radical (unpaired) electrons. The molecule has 1 N–H and O–H groups in total. The first kappa shape index (κ1) is 10.6. The molecule has 0 aliphatic rings. The summed E-state index contributed by atoms with van der Waals surface area (Å²) in [5, 5.41) is 8.43. The highest BCUT2D eigenvalue weighted by Crippen LogP contribution is 2.30. The van der Waals surface area contributed by atoms with Crippen molar-refractivity contribution in [1.82, 2.24) is 0 Å². The monoisotopic (exact) mass is 200 g/mol. The quantitative estimate of drug-likeness (QED) is 0.809. The van der Waals surface area contributed by atoms with Crippen LogP contribution in [0.5, 0.6) is 0 Å². The molecule has 0 amide bonds. The second kappa shape index (κ2) is 4.17. The fourth-order valence-corrected chi connectivity index (χ4v) is 1.20. The van der Waals surface area contributed by atoms with E-state index in [0.29, 0.717) is 0 Å². The first-order valence-corrected chi connectivity index (χ1v) is 4.11. The van der Waals surface area contributed by atoms with Crippen LogP contribution in [0.1, 0.15) is 12.0 Å². The van der Waals surface area contributed by atoms with E-state index in [0.717, 1.165) is 0 Å². The molecular weight excluding hydrogens is 190 g/mol. The van der Waals surface area contributed by atoms with E-state index in [9.17, 15) is 13.6 Å². The van der Waals surface area contributed by atoms with E-state index >= 15 is 0 Å². The standard InChI is InChI=1S/C10H10F2O2/c11-7-10(12,6-9(13)14)8-4-2-1-3-5-8/h1-5H,6-7H2,(H,13,14). The molecule has 1 aromatic carbocycles. The van der Waals surface area contributed by atoms with Crippen molar-refractivity contribution < 1.29 is 18.7 Å². The highest BCUT2D eigenvalue weighted by atomic mass is 19.2. The SMILES string of the molecule is O=C(O)CC(F)(CF)c1ccccc1. The first-order valence-electron chi connectivity index (χ1n) is 4.11. The van der Waals surface area contributed by atoms with Crippen molar-refractivity contribution in [3.05, 3.63) is 35.9 Å². The van der Waals surface area contributed by atoms with Crippen LogP contribution in [0.2, 0.25) is 0 Å². The van der Waals surface area contributed by atoms with Crippen LogP contribution in [0, 0.1) is 0 Å². The number of alkyl halides is 2. The zero-order valence-corrected chi connectivity index (χ0v) is 7.41. The molecule has 0 spiro atoms. The Hall–Kier alpha value is -1.45. The van der Waals surface area contributed by atoms with Gasteiger partial charge in [0, 0.05) is 0 Å². The van der Waals surface area contributed by atoms with Crippen LogP contribution in [0.4, 0.5) is 8.78 Å². The summed E-state index contributed by atoms with van der Waals surface area (Å²) in [5.74, 6) is -1.35. The number of aliphatic carboxylic acids is 1. The molecular formula is C10H10F2O2. The predicted molar refractivity (Wildman–Crippen MR) is 47.5 cm³/mol. The van der Waals surface area contributed by atoms with E-state index in [1.54, 1.807) is 18.2 Å². The first-order chi connectivity index (χ1) is 6.58. The van der Waals surface area contributed by atoms with Crippen LogP contribution >= 0.6 is 0 Å². The lowest BCUT2D eigenvalue weighted by molar-refractivity contribution is -0.140. The van der Waals surface area contributed by atoms with E-state index in [1.165, 1.54) is 12.1 Å². The second-order valence-corrected chi connectivity index (χ2v) is 3.04. The van der Waals surface area contributed by atoms with Crippen molar-refractivity contribution in [3.63, 3.8) is 0 Å². The Bertz CT molecular complexity index is 313. The third-order valence-corrected chi connectivity index (χ3v) is 1.93. The van der Waals surface area contributed by atoms with Gasteiger partial charge in [-0.3, -0.25) is 4.79 Å². The average Bonchev–Trinajstić information content (AvgIpc) is 2.18. The molecule has 0 aromatic heterocycles. The Morgan fingerprint density at radius 2 is 1.93 bits per heavy atom. The lowest BCUT2D eigenvalue weighted by Crippen LogP contribution is -2.26. The highest BCUT2D eigenvalue weighted by Gasteiger charge is 2.34. The van der Waals surface area contributed by atoms with Crippen LogP contribution in [-0.4, -0.2) is 17.8 Å². The summed E-state index contributed by atoms with van der Waals surface area (Å²) >= 11 is 0. The smallest absolute Gasteiger partial charge is 0.307 e. The van der Waals surface area contributed by atoms with Gasteiger partial charge in [-0.1, -0.05) is 30.3 Å². The third-order valence-electron chi connectivity index (χ3n) is 1.93. The molecule has 76 valence electrons. The largest absolute Gasteiger partial charge is 0.481 e. The average molecular weight is 200 g/mol. The maximum Gasteiger partial charge on any atom is 0.307 e. The normalized spacial score (nSPS) is 14.7. The minimum atomic E-state index is -2.41. The minimum Gasteiger partial charge on any atom is -0.481 e. The van der Waals surface area contributed by atoms with Crippen LogP contribution in [0.25, 0.3) is 0 Å². The molecule has 0 aliphatic heterocycles. The zero-order chi connectivity index (χ0) is 10.6. The molecule has 0 aliphatic carbocycles. The van der Waals surface area contributed by atoms with Gasteiger partial charge in [0.15, 0.2) is 5.67 Å². The van der Waals surface area contributed by atoms with E-state index in [-0.39, 0.29) is 5.56 Å². The van der Waals surface area contributed by atoms with Gasteiger partial charge < -0.3 is 5.11 Å². The van der Waals surface area contributed by atoms with E-state index < -0.39 is 24.7 Å². The van der Waals surface area contributed by atoms with Gasteiger partial charge in [-0.2, -0.15) is 0 Å². The third kappa shape index (κ3) is 2.28. The summed E-state index contributed by atoms with van der Waals surface area (Å²) < 4.78 is 26.2. The number of carboxylic acid groups (broad SMARTS) is 1. The molecule has 0 saturated carbocycles. The molecule has 1 unspecified atom stereocenters. The molecule has 4 heteroatoms. The number of hydrogen-bond acceptors (Lipinski definition) is 1. The fourth-order valence-electron chi connectivity index (χ4n) is 1.20. The summed E-state index contributed by atoms with van der Waals surface area (Å²) in [6.07, 6.45) is -0.854. The van der Waals surface area contributed by atoms with Crippen molar-refractivity contribution in [2.45, 2.75) is 12.1 Å². The minimum absolute atomic E-state index is 0.0601. The molecule has 0 bridgehead atoms. The van der Waals surface area contributed by atoms with Crippen molar-refractivity contribution in [2.75, 3.05) is 6.67 Å². The lowest BCUT2D eigenvalue weighted by Gasteiger charge is -2.19. The van der Waals surface area contributed by atoms with Crippen molar-refractivity contribution in [2.24, 2.45) is 0 Å². The lowest BCUT2D eigenvalue weighted by atomic mass is 9.94. The Balaban J connectivity index is 2.95. The van der Waals surface area contributed by atoms with E-state index in [4.69, 9.17) is 5.11 Å². The van der Waals surface area contributed by atoms with Crippen LogP contribution in [-0.2, 0) is 10.5 Å². The number of carbonyl (C=O) groups is 1. The van der Waals surface area contributed by atoms with Crippen LogP contribution < -0.4 is 0 Å². The Morgan fingerprint density at radius 3 is 2.36 bits per heavy atom. The maximum absolute atomic E-state index is 13.7. The molecule has 0 heterocycles. The van der Waals surface area contributed by atoms with E-state index in [1.807, 2.05) is 0 Å². The highest BCUT2D eigenvalue weighted by molar-refractivity contribution is 5.68. The summed E-state index contributed by atoms with van der Waals surface area (Å²) in [5.41, 5.74) is -2.35. The van der Waals surface area contributed by atoms with Gasteiger partial charge >= 0.3 is 5.97 Å². The van der Waals surface area contributed by atoms with E-state index in [2.05, 4.69) is 0 Å². The van der Waals surface area contributed by atoms with Gasteiger partial charge in [0.2, 0.25) is 0 Å². The molecule has 1 rings (SSSR count). The van der Waals surface area contributed by atoms with Gasteiger partial charge in [-0.15, -0.1) is 0 Å². The Morgan fingerprint density at radius 1 is 1.36 bits per heavy atom. The Kier molecular flexibility index (Phi) is 3.17. The number of carboxylic acids is 1. The summed E-state index contributed by atoms with van der Waals surface area (Å²) in [6, 6.07) is 7.50. The zero-order valence-electron chi connectivity index (χ0n) is 7.41. The fraction of sp³-hybridized carbons (Fsp3) is 0.300. The topological polar surface area (TPSA) is 37.3 Å². The van der Waals surface area contributed by atoms with Gasteiger partial charge in [0.1, 0.15) is 6.67 Å². The molecule has 14 heavy (non-hydrogen) atoms. The maximum atomic E-state index is 13.7. The summed E-state index contributed by atoms with van der Waals surface area (Å²) in [4.78, 5) is 10.3. The van der Waals surface area contributed by atoms with Crippen molar-refractivity contribution in [1.29, 1.82) is 0 Å². The van der Waals surface area contributed by atoms with Crippen LogP contribution in [0.3, 0.4) is 0 Å². The molecule has 1 atom stereocenters. The molecule has 0 fully saturated rings. The number of halogens is 2. The van der Waals surface area contributed by atoms with Crippen LogP contribution in [0.15, 0.2) is 30.3 Å². The number of rotatable bonds is 4. The number of hydrogen-bond donors (Lipinski definition) is 1. The van der Waals surface area contributed by atoms with Gasteiger partial charge in [0.25, 0.3) is 0 Å². The summed E-state index contributed by atoms with van der Waals surface area (Å²) in [7, 11) is 0. The van der Waals surface area contributed by atoms with Gasteiger partial charge in [-0.25, -0.2) is 8.78 Å². The van der Waals surface area contributed by atoms with Gasteiger partial charge in [0.05, 0.1) is 6.42 Å². The molecule has 1 aromatic rings. The predicted octanol–water partition coefficient (Wildman–Crippen LogP) is 2.30. The molecule has 2 nitrogen and oxygen atoms in total. The number of benzene rings is 1. The molecule has 0 saturated heterocycles. The second-order valence-electron chi connectivity index (χ2n) is 3.04. The summed E-state index contributed by atoms with van der Waals surface area (Å²) in [6.45, 7) is -1.33. The van der Waals surface area contributed by atoms with Crippen molar-refractivity contribution >= 4 is 5.97 Å².